The Morgan fingerprint density at radius 2 is 1.95 bits per heavy atom. The fourth-order valence-corrected chi connectivity index (χ4v) is 3.80. The van der Waals surface area contributed by atoms with E-state index < -0.39 is 12.0 Å². The lowest BCUT2D eigenvalue weighted by Gasteiger charge is -2.27. The highest BCUT2D eigenvalue weighted by atomic mass is 32.2. The van der Waals surface area contributed by atoms with Gasteiger partial charge in [-0.2, -0.15) is 23.5 Å². The molecular formula is C13H24N2O3S2. The average Bonchev–Trinajstić information content (AvgIpc) is 2.90. The maximum absolute atomic E-state index is 11.8. The van der Waals surface area contributed by atoms with E-state index in [2.05, 4.69) is 16.9 Å². The van der Waals surface area contributed by atoms with Crippen LogP contribution in [0.25, 0.3) is 0 Å². The summed E-state index contributed by atoms with van der Waals surface area (Å²) >= 11 is 3.37. The van der Waals surface area contributed by atoms with Crippen molar-refractivity contribution in [2.24, 2.45) is 0 Å². The lowest BCUT2D eigenvalue weighted by molar-refractivity contribution is -0.139. The lowest BCUT2D eigenvalue weighted by atomic mass is 10.1. The number of amides is 2. The zero-order valence-corrected chi connectivity index (χ0v) is 13.7. The Kier molecular flexibility index (Phi) is 7.58. The normalized spacial score (nSPS) is 18.5. The highest BCUT2D eigenvalue weighted by Gasteiger charge is 2.33. The van der Waals surface area contributed by atoms with Crippen molar-refractivity contribution in [2.45, 2.75) is 42.9 Å². The lowest BCUT2D eigenvalue weighted by Crippen LogP contribution is -2.49. The molecule has 1 saturated carbocycles. The molecule has 1 unspecified atom stereocenters. The number of aliphatic carboxylic acids is 1. The molecule has 116 valence electrons. The van der Waals surface area contributed by atoms with Gasteiger partial charge in [-0.15, -0.1) is 0 Å². The average molecular weight is 320 g/mol. The van der Waals surface area contributed by atoms with Gasteiger partial charge in [0.2, 0.25) is 0 Å². The van der Waals surface area contributed by atoms with Gasteiger partial charge in [-0.3, -0.25) is 0 Å². The highest BCUT2D eigenvalue weighted by molar-refractivity contribution is 8.00. The molecule has 0 aromatic heterocycles. The highest BCUT2D eigenvalue weighted by Crippen LogP contribution is 2.39. The number of rotatable bonds is 8. The number of hydrogen-bond donors (Lipinski definition) is 3. The summed E-state index contributed by atoms with van der Waals surface area (Å²) < 4.78 is 0.134. The van der Waals surface area contributed by atoms with E-state index in [0.717, 1.165) is 12.8 Å². The van der Waals surface area contributed by atoms with Crippen LogP contribution in [0.2, 0.25) is 0 Å². The molecule has 0 aromatic carbocycles. The first-order chi connectivity index (χ1) is 9.53. The molecule has 1 fully saturated rings. The van der Waals surface area contributed by atoms with E-state index in [1.807, 2.05) is 6.26 Å². The van der Waals surface area contributed by atoms with Crippen LogP contribution in [0.5, 0.6) is 0 Å². The number of thioether (sulfide) groups is 2. The number of carboxylic acids is 1. The smallest absolute Gasteiger partial charge is 0.326 e. The van der Waals surface area contributed by atoms with E-state index >= 15 is 0 Å². The van der Waals surface area contributed by atoms with Gasteiger partial charge in [0.1, 0.15) is 6.04 Å². The Hall–Kier alpha value is -0.560. The van der Waals surface area contributed by atoms with Crippen LogP contribution in [0.1, 0.15) is 32.1 Å². The summed E-state index contributed by atoms with van der Waals surface area (Å²) in [6.07, 6.45) is 9.07. The summed E-state index contributed by atoms with van der Waals surface area (Å²) in [6, 6.07) is -1.19. The third-order valence-electron chi connectivity index (χ3n) is 3.73. The van der Waals surface area contributed by atoms with Gasteiger partial charge in [0.15, 0.2) is 0 Å². The van der Waals surface area contributed by atoms with Gasteiger partial charge >= 0.3 is 12.0 Å². The van der Waals surface area contributed by atoms with Gasteiger partial charge in [-0.05, 0) is 37.5 Å². The summed E-state index contributed by atoms with van der Waals surface area (Å²) in [5, 5.41) is 14.5. The standard InChI is InChI=1S/C13H24N2O3S2/c1-19-8-5-10(11(16)17)15-12(18)14-9-13(20-2)6-3-4-7-13/h10H,3-9H2,1-2H3,(H,16,17)(H2,14,15,18). The first-order valence-electron chi connectivity index (χ1n) is 6.84. The Labute approximate surface area is 129 Å². The van der Waals surface area contributed by atoms with E-state index in [-0.39, 0.29) is 10.8 Å². The first kappa shape index (κ1) is 17.5. The minimum absolute atomic E-state index is 0.134. The molecule has 7 heteroatoms. The van der Waals surface area contributed by atoms with Crippen LogP contribution in [0, 0.1) is 0 Å². The number of hydrogen-bond acceptors (Lipinski definition) is 4. The molecule has 3 N–H and O–H groups in total. The Balaban J connectivity index is 2.39. The second-order valence-corrected chi connectivity index (χ2v) is 7.35. The first-order valence-corrected chi connectivity index (χ1v) is 9.46. The van der Waals surface area contributed by atoms with Crippen LogP contribution in [-0.4, -0.2) is 52.7 Å². The zero-order valence-electron chi connectivity index (χ0n) is 12.1. The molecule has 0 aliphatic heterocycles. The zero-order chi connectivity index (χ0) is 15.0. The van der Waals surface area contributed by atoms with Crippen molar-refractivity contribution in [3.63, 3.8) is 0 Å². The molecule has 0 saturated heterocycles. The van der Waals surface area contributed by atoms with Crippen LogP contribution >= 0.6 is 23.5 Å². The quantitative estimate of drug-likeness (QED) is 0.639. The number of carbonyl (C=O) groups is 2. The molecule has 1 aliphatic rings. The minimum atomic E-state index is -0.977. The van der Waals surface area contributed by atoms with Gasteiger partial charge in [0.25, 0.3) is 0 Å². The largest absolute Gasteiger partial charge is 0.480 e. The Morgan fingerprint density at radius 3 is 2.45 bits per heavy atom. The van der Waals surface area contributed by atoms with Crippen molar-refractivity contribution in [1.29, 1.82) is 0 Å². The van der Waals surface area contributed by atoms with Crippen LogP contribution in [0.3, 0.4) is 0 Å². The predicted octanol–water partition coefficient (Wildman–Crippen LogP) is 2.17. The minimum Gasteiger partial charge on any atom is -0.480 e. The number of carboxylic acid groups (broad SMARTS) is 1. The van der Waals surface area contributed by atoms with Crippen LogP contribution in [0.4, 0.5) is 4.79 Å². The SMILES string of the molecule is CSCCC(NC(=O)NCC1(SC)CCCC1)C(=O)O. The van der Waals surface area contributed by atoms with Crippen molar-refractivity contribution in [1.82, 2.24) is 10.6 Å². The Morgan fingerprint density at radius 1 is 1.30 bits per heavy atom. The van der Waals surface area contributed by atoms with Crippen molar-refractivity contribution in [2.75, 3.05) is 24.8 Å². The summed E-state index contributed by atoms with van der Waals surface area (Å²) in [5.74, 6) is -0.263. The maximum atomic E-state index is 11.8. The molecule has 0 bridgehead atoms. The van der Waals surface area contributed by atoms with Gasteiger partial charge in [0, 0.05) is 11.3 Å². The molecule has 0 spiro atoms. The van der Waals surface area contributed by atoms with Gasteiger partial charge < -0.3 is 15.7 Å². The monoisotopic (exact) mass is 320 g/mol. The summed E-state index contributed by atoms with van der Waals surface area (Å²) in [6.45, 7) is 0.606. The van der Waals surface area contributed by atoms with Gasteiger partial charge in [0.05, 0.1) is 0 Å². The van der Waals surface area contributed by atoms with E-state index in [4.69, 9.17) is 5.11 Å². The Bertz CT molecular complexity index is 334. The van der Waals surface area contributed by atoms with Crippen LogP contribution in [-0.2, 0) is 4.79 Å². The van der Waals surface area contributed by atoms with Gasteiger partial charge in [-0.1, -0.05) is 12.8 Å². The molecule has 20 heavy (non-hydrogen) atoms. The van der Waals surface area contributed by atoms with Crippen molar-refractivity contribution < 1.29 is 14.7 Å². The second kappa shape index (κ2) is 8.67. The number of nitrogens with one attached hydrogen (secondary N) is 2. The molecule has 1 aliphatic carbocycles. The van der Waals surface area contributed by atoms with E-state index in [9.17, 15) is 9.59 Å². The maximum Gasteiger partial charge on any atom is 0.326 e. The summed E-state index contributed by atoms with van der Waals surface area (Å²) in [7, 11) is 0. The molecule has 1 atom stereocenters. The third kappa shape index (κ3) is 5.44. The van der Waals surface area contributed by atoms with E-state index in [1.54, 1.807) is 23.5 Å². The van der Waals surface area contributed by atoms with Gasteiger partial charge in [-0.25, -0.2) is 9.59 Å². The predicted molar refractivity (Wildman–Crippen MR) is 85.7 cm³/mol. The summed E-state index contributed by atoms with van der Waals surface area (Å²) in [5.41, 5.74) is 0. The fourth-order valence-electron chi connectivity index (χ4n) is 2.42. The molecule has 5 nitrogen and oxygen atoms in total. The topological polar surface area (TPSA) is 78.4 Å². The molecular weight excluding hydrogens is 296 g/mol. The number of carbonyl (C=O) groups excluding carboxylic acids is 1. The molecule has 0 aromatic rings. The van der Waals surface area contributed by atoms with E-state index in [0.29, 0.717) is 18.7 Å². The second-order valence-electron chi connectivity index (χ2n) is 5.09. The molecule has 0 radical (unpaired) electrons. The van der Waals surface area contributed by atoms with Crippen LogP contribution < -0.4 is 10.6 Å². The molecule has 0 heterocycles. The summed E-state index contributed by atoms with van der Waals surface area (Å²) in [4.78, 5) is 22.9. The third-order valence-corrected chi connectivity index (χ3v) is 5.80. The van der Waals surface area contributed by atoms with E-state index in [1.165, 1.54) is 12.8 Å². The molecule has 2 amide bonds. The molecule has 1 rings (SSSR count). The van der Waals surface area contributed by atoms with Crippen molar-refractivity contribution in [3.05, 3.63) is 0 Å². The van der Waals surface area contributed by atoms with Crippen molar-refractivity contribution in [3.8, 4) is 0 Å². The fraction of sp³-hybridized carbons (Fsp3) is 0.846. The van der Waals surface area contributed by atoms with Crippen molar-refractivity contribution >= 4 is 35.5 Å². The number of urea groups is 1. The van der Waals surface area contributed by atoms with Crippen LogP contribution in [0.15, 0.2) is 0 Å².